The molecule has 0 aromatic rings. The summed E-state index contributed by atoms with van der Waals surface area (Å²) >= 11 is 0. The first kappa shape index (κ1) is 17.7. The topological polar surface area (TPSA) is 27.6 Å². The van der Waals surface area contributed by atoms with Gasteiger partial charge in [0.15, 0.2) is 5.96 Å². The van der Waals surface area contributed by atoms with Crippen molar-refractivity contribution in [2.45, 2.75) is 45.1 Å². The summed E-state index contributed by atoms with van der Waals surface area (Å²) in [6, 6.07) is 0.650. The fraction of sp³-hybridized carbons (Fsp3) is 0.786. The Kier molecular flexibility index (Phi) is 9.50. The van der Waals surface area contributed by atoms with E-state index in [1.165, 1.54) is 25.7 Å². The van der Waals surface area contributed by atoms with Crippen LogP contribution in [0.5, 0.6) is 0 Å². The average molecular weight is 365 g/mol. The summed E-state index contributed by atoms with van der Waals surface area (Å²) in [6.45, 7) is 7.10. The van der Waals surface area contributed by atoms with Gasteiger partial charge in [-0.1, -0.05) is 19.4 Å². The van der Waals surface area contributed by atoms with Gasteiger partial charge in [-0.15, -0.1) is 30.6 Å². The maximum atomic E-state index is 4.33. The smallest absolute Gasteiger partial charge is 0.193 e. The minimum Gasteiger partial charge on any atom is -0.353 e. The Balaban J connectivity index is 0.00000289. The number of nitrogens with zero attached hydrogens (tertiary/aromatic N) is 2. The van der Waals surface area contributed by atoms with Crippen LogP contribution in [0, 0.1) is 5.92 Å². The van der Waals surface area contributed by atoms with E-state index in [9.17, 15) is 0 Å². The standard InChI is InChI=1S/C14H27N3.HI/c1-5-6-7-8-9-10-17(4)14(15-3)16-13-11-12(13)2;/h5,12-13H,1,6-11H2,2-4H3,(H,15,16);1H. The van der Waals surface area contributed by atoms with Gasteiger partial charge < -0.3 is 10.2 Å². The van der Waals surface area contributed by atoms with Crippen molar-refractivity contribution < 1.29 is 0 Å². The van der Waals surface area contributed by atoms with Crippen LogP contribution in [0.2, 0.25) is 0 Å². The van der Waals surface area contributed by atoms with Crippen molar-refractivity contribution in [3.63, 3.8) is 0 Å². The molecule has 0 amide bonds. The molecule has 1 N–H and O–H groups in total. The molecule has 3 nitrogen and oxygen atoms in total. The Morgan fingerprint density at radius 3 is 2.61 bits per heavy atom. The molecule has 1 saturated carbocycles. The summed E-state index contributed by atoms with van der Waals surface area (Å²) < 4.78 is 0. The van der Waals surface area contributed by atoms with E-state index in [0.29, 0.717) is 6.04 Å². The predicted molar refractivity (Wildman–Crippen MR) is 90.8 cm³/mol. The van der Waals surface area contributed by atoms with Crippen LogP contribution in [0.15, 0.2) is 17.6 Å². The van der Waals surface area contributed by atoms with Gasteiger partial charge in [-0.05, 0) is 31.6 Å². The van der Waals surface area contributed by atoms with Crippen molar-refractivity contribution in [2.75, 3.05) is 20.6 Å². The van der Waals surface area contributed by atoms with Crippen LogP contribution >= 0.6 is 24.0 Å². The molecule has 0 radical (unpaired) electrons. The summed E-state index contributed by atoms with van der Waals surface area (Å²) in [4.78, 5) is 6.57. The third-order valence-corrected chi connectivity index (χ3v) is 3.40. The van der Waals surface area contributed by atoms with E-state index in [4.69, 9.17) is 0 Å². The quantitative estimate of drug-likeness (QED) is 0.247. The van der Waals surface area contributed by atoms with E-state index in [-0.39, 0.29) is 24.0 Å². The van der Waals surface area contributed by atoms with Gasteiger partial charge in [-0.25, -0.2) is 0 Å². The van der Waals surface area contributed by atoms with Crippen molar-refractivity contribution in [2.24, 2.45) is 10.9 Å². The zero-order chi connectivity index (χ0) is 12.7. The first-order chi connectivity index (χ1) is 8.19. The molecule has 0 bridgehead atoms. The van der Waals surface area contributed by atoms with Gasteiger partial charge in [0.25, 0.3) is 0 Å². The molecule has 1 rings (SSSR count). The Bertz CT molecular complexity index is 266. The molecule has 2 unspecified atom stereocenters. The zero-order valence-corrected chi connectivity index (χ0v) is 14.3. The summed E-state index contributed by atoms with van der Waals surface area (Å²) in [6.07, 6.45) is 8.17. The molecule has 4 heteroatoms. The second-order valence-electron chi connectivity index (χ2n) is 5.07. The van der Waals surface area contributed by atoms with E-state index in [0.717, 1.165) is 24.8 Å². The van der Waals surface area contributed by atoms with Gasteiger partial charge in [-0.3, -0.25) is 4.99 Å². The van der Waals surface area contributed by atoms with Crippen molar-refractivity contribution in [3.8, 4) is 0 Å². The van der Waals surface area contributed by atoms with Crippen molar-refractivity contribution in [1.29, 1.82) is 0 Å². The van der Waals surface area contributed by atoms with Gasteiger partial charge in [0.1, 0.15) is 0 Å². The molecule has 0 aliphatic heterocycles. The van der Waals surface area contributed by atoms with Crippen LogP contribution in [-0.2, 0) is 0 Å². The average Bonchev–Trinajstić information content (AvgIpc) is 3.01. The van der Waals surface area contributed by atoms with Crippen molar-refractivity contribution >= 4 is 29.9 Å². The molecule has 1 aliphatic rings. The SMILES string of the molecule is C=CCCCCCN(C)C(=NC)NC1CC1C.I. The second-order valence-corrected chi connectivity index (χ2v) is 5.07. The molecule has 0 spiro atoms. The minimum absolute atomic E-state index is 0. The van der Waals surface area contributed by atoms with Crippen LogP contribution in [-0.4, -0.2) is 37.5 Å². The normalized spacial score (nSPS) is 22.1. The number of nitrogens with one attached hydrogen (secondary N) is 1. The number of hydrogen-bond acceptors (Lipinski definition) is 1. The number of unbranched alkanes of at least 4 members (excludes halogenated alkanes) is 3. The Morgan fingerprint density at radius 2 is 2.11 bits per heavy atom. The lowest BCUT2D eigenvalue weighted by atomic mass is 10.2. The maximum absolute atomic E-state index is 4.33. The van der Waals surface area contributed by atoms with Crippen molar-refractivity contribution in [1.82, 2.24) is 10.2 Å². The fourth-order valence-corrected chi connectivity index (χ4v) is 1.95. The third-order valence-electron chi connectivity index (χ3n) is 3.40. The highest BCUT2D eigenvalue weighted by atomic mass is 127. The van der Waals surface area contributed by atoms with Gasteiger partial charge in [0.05, 0.1) is 0 Å². The molecular formula is C14H28IN3. The Labute approximate surface area is 129 Å². The maximum Gasteiger partial charge on any atom is 0.193 e. The molecule has 0 aromatic heterocycles. The largest absolute Gasteiger partial charge is 0.353 e. The fourth-order valence-electron chi connectivity index (χ4n) is 1.95. The highest BCUT2D eigenvalue weighted by molar-refractivity contribution is 14.0. The van der Waals surface area contributed by atoms with E-state index in [2.05, 4.69) is 35.8 Å². The summed E-state index contributed by atoms with van der Waals surface area (Å²) in [5, 5.41) is 3.50. The lowest BCUT2D eigenvalue weighted by molar-refractivity contribution is 0.453. The van der Waals surface area contributed by atoms with Crippen LogP contribution in [0.1, 0.15) is 39.0 Å². The molecule has 1 aliphatic carbocycles. The third kappa shape index (κ3) is 6.61. The lowest BCUT2D eigenvalue weighted by Gasteiger charge is -2.22. The number of rotatable bonds is 7. The van der Waals surface area contributed by atoms with E-state index in [1.54, 1.807) is 0 Å². The number of allylic oxidation sites excluding steroid dienone is 1. The van der Waals surface area contributed by atoms with Crippen molar-refractivity contribution in [3.05, 3.63) is 12.7 Å². The molecule has 2 atom stereocenters. The van der Waals surface area contributed by atoms with Crippen LogP contribution < -0.4 is 5.32 Å². The summed E-state index contributed by atoms with van der Waals surface area (Å²) in [5.74, 6) is 1.86. The van der Waals surface area contributed by atoms with Gasteiger partial charge >= 0.3 is 0 Å². The summed E-state index contributed by atoms with van der Waals surface area (Å²) in [7, 11) is 3.99. The molecule has 106 valence electrons. The van der Waals surface area contributed by atoms with Gasteiger partial charge in [0.2, 0.25) is 0 Å². The lowest BCUT2D eigenvalue weighted by Crippen LogP contribution is -2.40. The van der Waals surface area contributed by atoms with Gasteiger partial charge in [-0.2, -0.15) is 0 Å². The van der Waals surface area contributed by atoms with E-state index >= 15 is 0 Å². The molecular weight excluding hydrogens is 337 g/mol. The van der Waals surface area contributed by atoms with Crippen LogP contribution in [0.4, 0.5) is 0 Å². The monoisotopic (exact) mass is 365 g/mol. The Hall–Kier alpha value is -0.260. The van der Waals surface area contributed by atoms with Crippen LogP contribution in [0.25, 0.3) is 0 Å². The van der Waals surface area contributed by atoms with E-state index in [1.807, 2.05) is 13.1 Å². The molecule has 18 heavy (non-hydrogen) atoms. The molecule has 0 saturated heterocycles. The minimum atomic E-state index is 0. The molecule has 0 heterocycles. The second kappa shape index (κ2) is 9.64. The number of hydrogen-bond donors (Lipinski definition) is 1. The highest BCUT2D eigenvalue weighted by Gasteiger charge is 2.33. The summed E-state index contributed by atoms with van der Waals surface area (Å²) in [5.41, 5.74) is 0. The molecule has 0 aromatic carbocycles. The Morgan fingerprint density at radius 1 is 1.44 bits per heavy atom. The number of guanidine groups is 1. The molecule has 1 fully saturated rings. The van der Waals surface area contributed by atoms with E-state index < -0.39 is 0 Å². The number of aliphatic imine (C=N–C) groups is 1. The van der Waals surface area contributed by atoms with Crippen LogP contribution in [0.3, 0.4) is 0 Å². The first-order valence-corrected chi connectivity index (χ1v) is 6.74. The predicted octanol–water partition coefficient (Wildman–Crippen LogP) is 3.27. The van der Waals surface area contributed by atoms with Gasteiger partial charge in [0, 0.05) is 26.7 Å². The zero-order valence-electron chi connectivity index (χ0n) is 12.0. The number of halogens is 1. The first-order valence-electron chi connectivity index (χ1n) is 6.74. The highest BCUT2D eigenvalue weighted by Crippen LogP contribution is 2.29.